The SMILES string of the molecule is [O]C(=O)Nc1ccc(S(=O)(=O)O)cc1. The highest BCUT2D eigenvalue weighted by Crippen LogP contribution is 2.13. The molecule has 7 heteroatoms. The van der Waals surface area contributed by atoms with Gasteiger partial charge in [-0.05, 0) is 24.3 Å². The summed E-state index contributed by atoms with van der Waals surface area (Å²) in [5, 5.41) is 12.0. The third-order valence-corrected chi connectivity index (χ3v) is 2.27. The van der Waals surface area contributed by atoms with Crippen molar-refractivity contribution in [3.8, 4) is 0 Å². The molecule has 0 spiro atoms. The number of carbonyl (C=O) groups excluding carboxylic acids is 1. The van der Waals surface area contributed by atoms with Crippen LogP contribution >= 0.6 is 0 Å². The van der Waals surface area contributed by atoms with Gasteiger partial charge in [-0.3, -0.25) is 9.87 Å². The van der Waals surface area contributed by atoms with E-state index >= 15 is 0 Å². The standard InChI is InChI=1S/C7H6NO5S/c9-7(10)8-5-1-3-6(4-2-5)14(11,12)13/h1-4,8H,(H,11,12,13). The van der Waals surface area contributed by atoms with Crippen LogP contribution in [0.2, 0.25) is 0 Å². The highest BCUT2D eigenvalue weighted by molar-refractivity contribution is 7.85. The molecule has 14 heavy (non-hydrogen) atoms. The molecule has 0 aliphatic carbocycles. The molecule has 0 aliphatic rings. The van der Waals surface area contributed by atoms with Gasteiger partial charge in [0.15, 0.2) is 0 Å². The van der Waals surface area contributed by atoms with Crippen LogP contribution in [0.25, 0.3) is 0 Å². The largest absolute Gasteiger partial charge is 0.454 e. The molecule has 1 aromatic carbocycles. The normalized spacial score (nSPS) is 10.9. The second kappa shape index (κ2) is 3.64. The van der Waals surface area contributed by atoms with Crippen molar-refractivity contribution in [2.24, 2.45) is 0 Å². The molecular formula is C7H6NO5S. The van der Waals surface area contributed by atoms with Crippen LogP contribution < -0.4 is 5.32 Å². The van der Waals surface area contributed by atoms with Crippen molar-refractivity contribution in [3.05, 3.63) is 24.3 Å². The Morgan fingerprint density at radius 2 is 1.71 bits per heavy atom. The van der Waals surface area contributed by atoms with Crippen LogP contribution in [0.3, 0.4) is 0 Å². The molecular weight excluding hydrogens is 210 g/mol. The molecule has 0 atom stereocenters. The Morgan fingerprint density at radius 3 is 2.07 bits per heavy atom. The van der Waals surface area contributed by atoms with E-state index in [0.29, 0.717) is 0 Å². The molecule has 0 saturated carbocycles. The van der Waals surface area contributed by atoms with Crippen LogP contribution in [-0.2, 0) is 15.2 Å². The van der Waals surface area contributed by atoms with E-state index in [2.05, 4.69) is 0 Å². The molecule has 0 fully saturated rings. The minimum Gasteiger partial charge on any atom is -0.288 e. The summed E-state index contributed by atoms with van der Waals surface area (Å²) >= 11 is 0. The number of nitrogens with one attached hydrogen (secondary N) is 1. The molecule has 1 radical (unpaired) electrons. The fourth-order valence-corrected chi connectivity index (χ4v) is 1.31. The summed E-state index contributed by atoms with van der Waals surface area (Å²) in [6.45, 7) is 0. The second-order valence-electron chi connectivity index (χ2n) is 2.41. The van der Waals surface area contributed by atoms with E-state index in [4.69, 9.17) is 4.55 Å². The van der Waals surface area contributed by atoms with Crippen LogP contribution in [-0.4, -0.2) is 19.1 Å². The van der Waals surface area contributed by atoms with E-state index in [1.807, 2.05) is 5.32 Å². The maximum absolute atomic E-state index is 10.6. The van der Waals surface area contributed by atoms with E-state index in [-0.39, 0.29) is 10.6 Å². The summed E-state index contributed by atoms with van der Waals surface area (Å²) in [5.41, 5.74) is 0.164. The van der Waals surface area contributed by atoms with Crippen molar-refractivity contribution in [1.29, 1.82) is 0 Å². The molecule has 0 aromatic heterocycles. The minimum atomic E-state index is -4.24. The lowest BCUT2D eigenvalue weighted by Crippen LogP contribution is -2.05. The smallest absolute Gasteiger partial charge is 0.288 e. The van der Waals surface area contributed by atoms with Gasteiger partial charge in [0.25, 0.3) is 10.1 Å². The van der Waals surface area contributed by atoms with E-state index < -0.39 is 16.2 Å². The molecule has 1 aromatic rings. The van der Waals surface area contributed by atoms with E-state index in [1.54, 1.807) is 0 Å². The Labute approximate surface area is 79.9 Å². The van der Waals surface area contributed by atoms with E-state index in [9.17, 15) is 18.3 Å². The fourth-order valence-electron chi connectivity index (χ4n) is 0.828. The Kier molecular flexibility index (Phi) is 2.73. The van der Waals surface area contributed by atoms with Crippen LogP contribution in [0.5, 0.6) is 0 Å². The molecule has 0 saturated heterocycles. The molecule has 1 amide bonds. The number of hydrogen-bond acceptors (Lipinski definition) is 3. The van der Waals surface area contributed by atoms with Crippen LogP contribution in [0.15, 0.2) is 29.2 Å². The lowest BCUT2D eigenvalue weighted by Gasteiger charge is -2.00. The Balaban J connectivity index is 2.95. The van der Waals surface area contributed by atoms with E-state index in [1.165, 1.54) is 12.1 Å². The number of rotatable bonds is 2. The quantitative estimate of drug-likeness (QED) is 0.716. The number of benzene rings is 1. The summed E-state index contributed by atoms with van der Waals surface area (Å²) < 4.78 is 29.7. The Hall–Kier alpha value is -1.60. The van der Waals surface area contributed by atoms with Gasteiger partial charge in [0, 0.05) is 5.69 Å². The van der Waals surface area contributed by atoms with Gasteiger partial charge in [0.2, 0.25) is 0 Å². The van der Waals surface area contributed by atoms with Crippen LogP contribution in [0, 0.1) is 0 Å². The molecule has 2 N–H and O–H groups in total. The Morgan fingerprint density at radius 1 is 1.21 bits per heavy atom. The molecule has 0 aliphatic heterocycles. The summed E-state index contributed by atoms with van der Waals surface area (Å²) in [6, 6.07) is 4.53. The number of hydrogen-bond donors (Lipinski definition) is 2. The predicted molar refractivity (Wildman–Crippen MR) is 46.0 cm³/mol. The first kappa shape index (κ1) is 10.5. The maximum atomic E-state index is 10.6. The summed E-state index contributed by atoms with van der Waals surface area (Å²) in [4.78, 5) is 9.76. The highest BCUT2D eigenvalue weighted by atomic mass is 32.2. The van der Waals surface area contributed by atoms with Gasteiger partial charge in [-0.1, -0.05) is 0 Å². The topological polar surface area (TPSA) is 103 Å². The van der Waals surface area contributed by atoms with Gasteiger partial charge in [0.05, 0.1) is 4.90 Å². The molecule has 1 rings (SSSR count). The minimum absolute atomic E-state index is 0.164. The Bertz CT molecular complexity index is 436. The molecule has 0 bridgehead atoms. The monoisotopic (exact) mass is 216 g/mol. The average molecular weight is 216 g/mol. The zero-order valence-corrected chi connectivity index (χ0v) is 7.61. The average Bonchev–Trinajstić information content (AvgIpc) is 2.02. The lowest BCUT2D eigenvalue weighted by molar-refractivity contribution is 0.185. The van der Waals surface area contributed by atoms with Gasteiger partial charge >= 0.3 is 6.09 Å². The molecule has 6 nitrogen and oxygen atoms in total. The number of amides is 1. The highest BCUT2D eigenvalue weighted by Gasteiger charge is 2.08. The van der Waals surface area contributed by atoms with Gasteiger partial charge in [-0.25, -0.2) is 9.90 Å². The zero-order chi connectivity index (χ0) is 10.8. The number of carbonyl (C=O) groups is 1. The second-order valence-corrected chi connectivity index (χ2v) is 3.83. The number of anilines is 1. The summed E-state index contributed by atoms with van der Waals surface area (Å²) in [6.07, 6.45) is -1.50. The van der Waals surface area contributed by atoms with Crippen LogP contribution in [0.1, 0.15) is 0 Å². The van der Waals surface area contributed by atoms with Crippen molar-refractivity contribution in [1.82, 2.24) is 0 Å². The summed E-state index contributed by atoms with van der Waals surface area (Å²) in [7, 11) is -4.24. The molecule has 75 valence electrons. The van der Waals surface area contributed by atoms with Gasteiger partial charge < -0.3 is 0 Å². The predicted octanol–water partition coefficient (Wildman–Crippen LogP) is 0.896. The third kappa shape index (κ3) is 2.71. The van der Waals surface area contributed by atoms with E-state index in [0.717, 1.165) is 12.1 Å². The summed E-state index contributed by atoms with van der Waals surface area (Å²) in [5.74, 6) is 0. The van der Waals surface area contributed by atoms with Crippen LogP contribution in [0.4, 0.5) is 10.5 Å². The molecule has 0 heterocycles. The van der Waals surface area contributed by atoms with Crippen molar-refractivity contribution in [3.63, 3.8) is 0 Å². The van der Waals surface area contributed by atoms with Crippen molar-refractivity contribution in [2.45, 2.75) is 4.90 Å². The molecule has 0 unspecified atom stereocenters. The fraction of sp³-hybridized carbons (Fsp3) is 0. The lowest BCUT2D eigenvalue weighted by atomic mass is 10.3. The van der Waals surface area contributed by atoms with Crippen molar-refractivity contribution in [2.75, 3.05) is 5.32 Å². The van der Waals surface area contributed by atoms with Gasteiger partial charge in [-0.15, -0.1) is 0 Å². The van der Waals surface area contributed by atoms with Gasteiger partial charge in [0.1, 0.15) is 0 Å². The first-order valence-corrected chi connectivity index (χ1v) is 4.89. The third-order valence-electron chi connectivity index (χ3n) is 1.40. The first-order chi connectivity index (χ1) is 6.39. The zero-order valence-electron chi connectivity index (χ0n) is 6.80. The van der Waals surface area contributed by atoms with Gasteiger partial charge in [-0.2, -0.15) is 8.42 Å². The van der Waals surface area contributed by atoms with Crippen molar-refractivity contribution < 1.29 is 22.9 Å². The maximum Gasteiger partial charge on any atom is 0.454 e. The van der Waals surface area contributed by atoms with Crippen molar-refractivity contribution >= 4 is 21.9 Å². The first-order valence-electron chi connectivity index (χ1n) is 3.45.